The van der Waals surface area contributed by atoms with Crippen molar-refractivity contribution in [3.8, 4) is 11.5 Å². The number of ether oxygens (including phenoxy) is 1. The Morgan fingerprint density at radius 2 is 2.00 bits per heavy atom. The van der Waals surface area contributed by atoms with E-state index in [0.29, 0.717) is 27.3 Å². The number of nitrogens with zero attached hydrogens (tertiary/aromatic N) is 3. The summed E-state index contributed by atoms with van der Waals surface area (Å²) < 4.78 is 6.51. The molecule has 0 unspecified atom stereocenters. The number of phenolic OH excluding ortho intramolecular Hbond substituents is 1. The number of halogens is 1. The van der Waals surface area contributed by atoms with Gasteiger partial charge in [-0.25, -0.2) is 4.98 Å². The Hall–Kier alpha value is -2.86. The van der Waals surface area contributed by atoms with Crippen LogP contribution >= 0.6 is 11.6 Å². The fraction of sp³-hybridized carbons (Fsp3) is 0.318. The lowest BCUT2D eigenvalue weighted by atomic mass is 9.88. The zero-order valence-corrected chi connectivity index (χ0v) is 16.9. The molecule has 3 aromatic rings. The molecule has 1 aliphatic rings. The van der Waals surface area contributed by atoms with E-state index >= 15 is 0 Å². The maximum atomic E-state index is 13.2. The molecule has 1 heterocycles. The summed E-state index contributed by atoms with van der Waals surface area (Å²) >= 11 is 6.11. The van der Waals surface area contributed by atoms with Gasteiger partial charge in [0.1, 0.15) is 5.82 Å². The molecule has 1 N–H and O–H groups in total. The van der Waals surface area contributed by atoms with Gasteiger partial charge < -0.3 is 9.84 Å². The quantitative estimate of drug-likeness (QED) is 0.631. The largest absolute Gasteiger partial charge is 0.504 e. The average Bonchev–Trinajstić information content (AvgIpc) is 2.75. The van der Waals surface area contributed by atoms with E-state index < -0.39 is 0 Å². The van der Waals surface area contributed by atoms with Crippen LogP contribution in [-0.2, 0) is 0 Å². The maximum Gasteiger partial charge on any atom is 0.282 e. The van der Waals surface area contributed by atoms with E-state index in [0.717, 1.165) is 25.7 Å². The van der Waals surface area contributed by atoms with Crippen molar-refractivity contribution in [3.05, 3.63) is 63.2 Å². The first-order chi connectivity index (χ1) is 14.1. The number of phenols is 1. The van der Waals surface area contributed by atoms with Crippen molar-refractivity contribution in [1.82, 2.24) is 9.66 Å². The monoisotopic (exact) mass is 411 g/mol. The minimum Gasteiger partial charge on any atom is -0.504 e. The Morgan fingerprint density at radius 1 is 1.24 bits per heavy atom. The van der Waals surface area contributed by atoms with Crippen LogP contribution in [0, 0.1) is 0 Å². The van der Waals surface area contributed by atoms with Crippen LogP contribution in [0.3, 0.4) is 0 Å². The van der Waals surface area contributed by atoms with E-state index in [1.807, 2.05) is 18.2 Å². The molecule has 1 aromatic heterocycles. The third-order valence-electron chi connectivity index (χ3n) is 5.35. The van der Waals surface area contributed by atoms with Crippen LogP contribution in [0.25, 0.3) is 10.9 Å². The van der Waals surface area contributed by atoms with E-state index in [1.54, 1.807) is 12.1 Å². The number of aromatic hydroxyl groups is 1. The molecule has 0 saturated heterocycles. The van der Waals surface area contributed by atoms with Crippen LogP contribution in [-0.4, -0.2) is 28.1 Å². The van der Waals surface area contributed by atoms with Crippen molar-refractivity contribution in [2.75, 3.05) is 7.11 Å². The van der Waals surface area contributed by atoms with Crippen molar-refractivity contribution in [2.24, 2.45) is 5.10 Å². The summed E-state index contributed by atoms with van der Waals surface area (Å²) in [6.45, 7) is 0. The van der Waals surface area contributed by atoms with Crippen LogP contribution in [0.2, 0.25) is 5.02 Å². The Balaban J connectivity index is 1.86. The van der Waals surface area contributed by atoms with Gasteiger partial charge >= 0.3 is 0 Å². The molecule has 1 aliphatic carbocycles. The summed E-state index contributed by atoms with van der Waals surface area (Å²) in [6.07, 6.45) is 6.82. The second-order valence-corrected chi connectivity index (χ2v) is 7.67. The third kappa shape index (κ3) is 3.85. The third-order valence-corrected chi connectivity index (χ3v) is 5.57. The fourth-order valence-electron chi connectivity index (χ4n) is 3.85. The smallest absolute Gasteiger partial charge is 0.282 e. The predicted molar refractivity (Wildman–Crippen MR) is 114 cm³/mol. The van der Waals surface area contributed by atoms with E-state index in [9.17, 15) is 9.90 Å². The maximum absolute atomic E-state index is 13.2. The molecular weight excluding hydrogens is 390 g/mol. The first-order valence-corrected chi connectivity index (χ1v) is 10.1. The Morgan fingerprint density at radius 3 is 2.76 bits per heavy atom. The Kier molecular flexibility index (Phi) is 5.53. The van der Waals surface area contributed by atoms with Crippen LogP contribution in [0.5, 0.6) is 11.5 Å². The zero-order chi connectivity index (χ0) is 20.4. The normalized spacial score (nSPS) is 15.2. The summed E-state index contributed by atoms with van der Waals surface area (Å²) in [5.41, 5.74) is 0.821. The minimum atomic E-state index is -0.221. The van der Waals surface area contributed by atoms with E-state index in [1.165, 1.54) is 30.5 Å². The highest BCUT2D eigenvalue weighted by atomic mass is 35.5. The van der Waals surface area contributed by atoms with Crippen molar-refractivity contribution in [2.45, 2.75) is 38.0 Å². The molecule has 29 heavy (non-hydrogen) atoms. The summed E-state index contributed by atoms with van der Waals surface area (Å²) in [6, 6.07) is 10.4. The molecule has 0 spiro atoms. The van der Waals surface area contributed by atoms with Crippen LogP contribution in [0.4, 0.5) is 0 Å². The molecule has 0 amide bonds. The van der Waals surface area contributed by atoms with Crippen molar-refractivity contribution in [3.63, 3.8) is 0 Å². The molecule has 0 radical (unpaired) electrons. The van der Waals surface area contributed by atoms with Gasteiger partial charge in [0.15, 0.2) is 11.5 Å². The molecule has 0 atom stereocenters. The summed E-state index contributed by atoms with van der Waals surface area (Å²) in [4.78, 5) is 18.0. The van der Waals surface area contributed by atoms with Gasteiger partial charge in [-0.15, -0.1) is 0 Å². The van der Waals surface area contributed by atoms with Gasteiger partial charge in [-0.3, -0.25) is 4.79 Å². The fourth-order valence-corrected chi connectivity index (χ4v) is 4.06. The van der Waals surface area contributed by atoms with Crippen molar-refractivity contribution in [1.29, 1.82) is 0 Å². The molecule has 1 saturated carbocycles. The van der Waals surface area contributed by atoms with Gasteiger partial charge in [-0.2, -0.15) is 9.78 Å². The van der Waals surface area contributed by atoms with Gasteiger partial charge in [-0.1, -0.05) is 43.0 Å². The molecule has 6 nitrogen and oxygen atoms in total. The number of hydrogen-bond donors (Lipinski definition) is 1. The SMILES string of the molecule is COc1cc(Cl)cc(C=Nn2c(C3CCCCC3)nc3ccccc3c2=O)c1O. The number of rotatable bonds is 4. The van der Waals surface area contributed by atoms with Gasteiger partial charge in [0.25, 0.3) is 5.56 Å². The standard InChI is InChI=1S/C22H22ClN3O3/c1-29-19-12-16(23)11-15(20(19)27)13-24-26-21(14-7-3-2-4-8-14)25-18-10-6-5-9-17(18)22(26)28/h5-6,9-14,27H,2-4,7-8H2,1H3. The van der Waals surface area contributed by atoms with Crippen LogP contribution in [0.15, 0.2) is 46.3 Å². The van der Waals surface area contributed by atoms with E-state index in [-0.39, 0.29) is 23.0 Å². The van der Waals surface area contributed by atoms with Crippen LogP contribution in [0.1, 0.15) is 49.4 Å². The number of fused-ring (bicyclic) bond motifs is 1. The molecule has 0 aliphatic heterocycles. The topological polar surface area (TPSA) is 76.7 Å². The van der Waals surface area contributed by atoms with Gasteiger partial charge in [0, 0.05) is 22.6 Å². The lowest BCUT2D eigenvalue weighted by Crippen LogP contribution is -2.25. The molecule has 1 fully saturated rings. The van der Waals surface area contributed by atoms with Crippen LogP contribution < -0.4 is 10.3 Å². The lowest BCUT2D eigenvalue weighted by Gasteiger charge is -2.22. The highest BCUT2D eigenvalue weighted by Crippen LogP contribution is 2.33. The molecule has 4 rings (SSSR count). The van der Waals surface area contributed by atoms with E-state index in [2.05, 4.69) is 5.10 Å². The van der Waals surface area contributed by atoms with Crippen molar-refractivity contribution < 1.29 is 9.84 Å². The van der Waals surface area contributed by atoms with Crippen molar-refractivity contribution >= 4 is 28.7 Å². The number of methoxy groups -OCH3 is 1. The number of benzene rings is 2. The van der Waals surface area contributed by atoms with Gasteiger partial charge in [0.05, 0.1) is 24.2 Å². The van der Waals surface area contributed by atoms with Gasteiger partial charge in [0.2, 0.25) is 0 Å². The summed E-state index contributed by atoms with van der Waals surface area (Å²) in [7, 11) is 1.45. The molecule has 2 aromatic carbocycles. The Labute approximate surface area is 173 Å². The molecule has 0 bridgehead atoms. The second kappa shape index (κ2) is 8.25. The second-order valence-electron chi connectivity index (χ2n) is 7.23. The number of para-hydroxylation sites is 1. The summed E-state index contributed by atoms with van der Waals surface area (Å²) in [5.74, 6) is 1.01. The first kappa shape index (κ1) is 19.5. The van der Waals surface area contributed by atoms with E-state index in [4.69, 9.17) is 21.3 Å². The number of aromatic nitrogens is 2. The molecule has 150 valence electrons. The highest BCUT2D eigenvalue weighted by molar-refractivity contribution is 6.31. The predicted octanol–water partition coefficient (Wildman–Crippen LogP) is 4.69. The average molecular weight is 412 g/mol. The highest BCUT2D eigenvalue weighted by Gasteiger charge is 2.22. The first-order valence-electron chi connectivity index (χ1n) is 9.71. The summed E-state index contributed by atoms with van der Waals surface area (Å²) in [5, 5.41) is 15.7. The molecule has 7 heteroatoms. The minimum absolute atomic E-state index is 0.0818. The lowest BCUT2D eigenvalue weighted by molar-refractivity contribution is 0.373. The Bertz CT molecular complexity index is 1130. The van der Waals surface area contributed by atoms with Gasteiger partial charge in [-0.05, 0) is 31.0 Å². The number of hydrogen-bond acceptors (Lipinski definition) is 5. The molecular formula is C22H22ClN3O3. The zero-order valence-electron chi connectivity index (χ0n) is 16.1.